The van der Waals surface area contributed by atoms with E-state index < -0.39 is 26.5 Å². The van der Waals surface area contributed by atoms with Gasteiger partial charge < -0.3 is 14.0 Å². The van der Waals surface area contributed by atoms with Gasteiger partial charge in [0.25, 0.3) is 11.4 Å². The van der Waals surface area contributed by atoms with Crippen LogP contribution in [0.25, 0.3) is 0 Å². The van der Waals surface area contributed by atoms with Gasteiger partial charge in [-0.1, -0.05) is 53.7 Å². The molecule has 224 valence electrons. The van der Waals surface area contributed by atoms with Crippen LogP contribution < -0.4 is 0 Å². The fourth-order valence-corrected chi connectivity index (χ4v) is 5.07. The lowest BCUT2D eigenvalue weighted by Crippen LogP contribution is -2.40. The Kier molecular flexibility index (Phi) is 12.7. The maximum absolute atomic E-state index is 10.9. The van der Waals surface area contributed by atoms with Gasteiger partial charge in [-0.2, -0.15) is 0 Å². The van der Waals surface area contributed by atoms with E-state index in [2.05, 4.69) is 67.7 Å². The molecule has 0 saturated carbocycles. The highest BCUT2D eigenvalue weighted by atomic mass is 35.5. The predicted octanol–water partition coefficient (Wildman–Crippen LogP) is 8.46. The zero-order valence-electron chi connectivity index (χ0n) is 25.5. The van der Waals surface area contributed by atoms with Gasteiger partial charge in [0, 0.05) is 30.1 Å². The Bertz CT molecular complexity index is 1080. The van der Waals surface area contributed by atoms with Crippen molar-refractivity contribution in [3.05, 3.63) is 78.9 Å². The summed E-state index contributed by atoms with van der Waals surface area (Å²) in [5.74, 6) is 0.259. The lowest BCUT2D eigenvalue weighted by molar-refractivity contribution is -0.385. The van der Waals surface area contributed by atoms with E-state index in [-0.39, 0.29) is 33.9 Å². The molecule has 40 heavy (non-hydrogen) atoms. The summed E-state index contributed by atoms with van der Waals surface area (Å²) in [6, 6.07) is 9.57. The van der Waals surface area contributed by atoms with Gasteiger partial charge in [0.1, 0.15) is 0 Å². The average Bonchev–Trinajstić information content (AvgIpc) is 2.84. The molecule has 0 unspecified atom stereocenters. The Morgan fingerprint density at radius 1 is 0.700 bits per heavy atom. The summed E-state index contributed by atoms with van der Waals surface area (Å²) < 4.78 is 12.1. The Labute approximate surface area is 245 Å². The van der Waals surface area contributed by atoms with E-state index in [1.807, 2.05) is 6.07 Å². The van der Waals surface area contributed by atoms with Crippen molar-refractivity contribution in [2.45, 2.75) is 104 Å². The first kappa shape index (κ1) is 35.9. The minimum absolute atomic E-state index is 0.00891. The minimum Gasteiger partial charge on any atom is -0.413 e. The highest BCUT2D eigenvalue weighted by molar-refractivity contribution is 6.74. The number of benzene rings is 2. The molecule has 0 radical (unpaired) electrons. The van der Waals surface area contributed by atoms with Crippen molar-refractivity contribution in [2.24, 2.45) is 0 Å². The third kappa shape index (κ3) is 10.7. The first-order chi connectivity index (χ1) is 18.1. The van der Waals surface area contributed by atoms with Gasteiger partial charge in [-0.3, -0.25) is 20.2 Å². The molecule has 1 N–H and O–H groups in total. The highest BCUT2D eigenvalue weighted by Crippen LogP contribution is 2.38. The summed E-state index contributed by atoms with van der Waals surface area (Å²) in [6.07, 6.45) is 0. The molecule has 2 rings (SSSR count). The molecule has 0 bridgehead atoms. The van der Waals surface area contributed by atoms with E-state index >= 15 is 0 Å². The van der Waals surface area contributed by atoms with Gasteiger partial charge in [0.05, 0.1) is 29.7 Å². The molecule has 9 nitrogen and oxygen atoms in total. The molecule has 0 aliphatic rings. The van der Waals surface area contributed by atoms with Crippen LogP contribution in [0.5, 0.6) is 0 Å². The molecule has 2 aromatic rings. The normalized spacial score (nSPS) is 12.5. The van der Waals surface area contributed by atoms with Crippen molar-refractivity contribution in [1.82, 2.24) is 0 Å². The van der Waals surface area contributed by atoms with Crippen molar-refractivity contribution in [3.8, 4) is 0 Å². The first-order valence-corrected chi connectivity index (χ1v) is 19.5. The van der Waals surface area contributed by atoms with Crippen molar-refractivity contribution in [3.63, 3.8) is 0 Å². The minimum atomic E-state index is -1.89. The monoisotopic (exact) mass is 612 g/mol. The van der Waals surface area contributed by atoms with E-state index in [0.717, 1.165) is 16.7 Å². The van der Waals surface area contributed by atoms with E-state index in [1.54, 1.807) is 12.1 Å². The summed E-state index contributed by atoms with van der Waals surface area (Å²) in [5, 5.41) is 31.2. The van der Waals surface area contributed by atoms with Crippen molar-refractivity contribution >= 4 is 39.6 Å². The molecule has 0 aliphatic carbocycles. The smallest absolute Gasteiger partial charge is 0.270 e. The summed E-state index contributed by atoms with van der Waals surface area (Å²) in [5.41, 5.74) is 2.87. The van der Waals surface area contributed by atoms with Gasteiger partial charge in [-0.25, -0.2) is 0 Å². The SMILES string of the molecule is CC(C)(C)[Si](C)(C)OCc1cc(CCl)cc([N+](=O)[O-])c1.CC(C)(C)[Si](C)(C)OCc1cc(CO)cc([N+](=O)[O-])c1. The van der Waals surface area contributed by atoms with E-state index in [4.69, 9.17) is 20.5 Å². The number of halogens is 1. The van der Waals surface area contributed by atoms with E-state index in [9.17, 15) is 25.3 Å². The number of hydrogen-bond acceptors (Lipinski definition) is 7. The maximum atomic E-state index is 10.9. The number of nitro groups is 2. The molecule has 0 atom stereocenters. The molecule has 0 saturated heterocycles. The van der Waals surface area contributed by atoms with Crippen LogP contribution in [0.2, 0.25) is 36.3 Å². The van der Waals surface area contributed by atoms with Crippen molar-refractivity contribution in [2.75, 3.05) is 0 Å². The molecule has 0 amide bonds. The standard InChI is InChI=1S/C14H22ClNO3Si.C14H23NO4Si/c1-14(2,3)20(4,5)19-10-12-6-11(9-15)7-13(8-12)16(17)18;1-14(2,3)20(4,5)19-10-12-6-11(9-16)7-13(8-12)15(17)18/h6-8H,9-10H2,1-5H3;6-8,16H,9-10H2,1-5H3. The third-order valence-corrected chi connectivity index (χ3v) is 16.9. The van der Waals surface area contributed by atoms with Gasteiger partial charge in [0.2, 0.25) is 0 Å². The predicted molar refractivity (Wildman–Crippen MR) is 166 cm³/mol. The Hall–Kier alpha value is -2.16. The van der Waals surface area contributed by atoms with Crippen LogP contribution in [-0.4, -0.2) is 31.6 Å². The first-order valence-electron chi connectivity index (χ1n) is 13.1. The number of nitro benzene ring substituents is 2. The summed E-state index contributed by atoms with van der Waals surface area (Å²) >= 11 is 5.78. The van der Waals surface area contributed by atoms with Crippen LogP contribution in [0, 0.1) is 20.2 Å². The molecule has 0 spiro atoms. The van der Waals surface area contributed by atoms with Gasteiger partial charge in [0.15, 0.2) is 16.6 Å². The van der Waals surface area contributed by atoms with E-state index in [1.165, 1.54) is 18.2 Å². The lowest BCUT2D eigenvalue weighted by Gasteiger charge is -2.36. The Morgan fingerprint density at radius 3 is 1.32 bits per heavy atom. The fourth-order valence-electron chi connectivity index (χ4n) is 2.99. The topological polar surface area (TPSA) is 125 Å². The molecule has 0 fully saturated rings. The summed E-state index contributed by atoms with van der Waals surface area (Å²) in [7, 11) is -3.75. The second-order valence-corrected chi connectivity index (χ2v) is 22.8. The van der Waals surface area contributed by atoms with Crippen LogP contribution in [0.4, 0.5) is 11.4 Å². The second-order valence-electron chi connectivity index (χ2n) is 12.9. The highest BCUT2D eigenvalue weighted by Gasteiger charge is 2.38. The van der Waals surface area contributed by atoms with Gasteiger partial charge in [-0.05, 0) is 58.5 Å². The maximum Gasteiger partial charge on any atom is 0.270 e. The zero-order valence-corrected chi connectivity index (χ0v) is 28.2. The van der Waals surface area contributed by atoms with Crippen LogP contribution in [0.15, 0.2) is 36.4 Å². The lowest BCUT2D eigenvalue weighted by atomic mass is 10.1. The second kappa shape index (κ2) is 14.1. The Balaban J connectivity index is 0.000000400. The van der Waals surface area contributed by atoms with Crippen LogP contribution in [-0.2, 0) is 34.6 Å². The summed E-state index contributed by atoms with van der Waals surface area (Å²) in [6.45, 7) is 22.0. The molecule has 0 heterocycles. The number of aliphatic hydroxyl groups is 1. The molecule has 2 aromatic carbocycles. The number of hydrogen-bond donors (Lipinski definition) is 1. The zero-order chi connectivity index (χ0) is 31.1. The molecule has 0 aromatic heterocycles. The number of nitrogens with zero attached hydrogens (tertiary/aromatic N) is 2. The number of rotatable bonds is 10. The molecular formula is C28H45ClN2O7Si2. The molecule has 12 heteroatoms. The number of alkyl halides is 1. The average molecular weight is 613 g/mol. The number of non-ortho nitro benzene ring substituents is 2. The van der Waals surface area contributed by atoms with Gasteiger partial charge in [-0.15, -0.1) is 11.6 Å². The number of aliphatic hydroxyl groups excluding tert-OH is 1. The largest absolute Gasteiger partial charge is 0.413 e. The van der Waals surface area contributed by atoms with Crippen molar-refractivity contribution in [1.29, 1.82) is 0 Å². The van der Waals surface area contributed by atoms with Gasteiger partial charge >= 0.3 is 0 Å². The van der Waals surface area contributed by atoms with Crippen molar-refractivity contribution < 1.29 is 23.8 Å². The van der Waals surface area contributed by atoms with Crippen LogP contribution in [0.1, 0.15) is 63.8 Å². The fraction of sp³-hybridized carbons (Fsp3) is 0.571. The molecule has 0 aliphatic heterocycles. The Morgan fingerprint density at radius 2 is 1.02 bits per heavy atom. The summed E-state index contributed by atoms with van der Waals surface area (Å²) in [4.78, 5) is 20.9. The quantitative estimate of drug-likeness (QED) is 0.123. The van der Waals surface area contributed by atoms with E-state index in [0.29, 0.717) is 18.8 Å². The van der Waals surface area contributed by atoms with Crippen LogP contribution >= 0.6 is 11.6 Å². The molecular weight excluding hydrogens is 568 g/mol. The third-order valence-electron chi connectivity index (χ3n) is 7.64. The van der Waals surface area contributed by atoms with Crippen LogP contribution in [0.3, 0.4) is 0 Å².